The Morgan fingerprint density at radius 3 is 1.82 bits per heavy atom. The van der Waals surface area contributed by atoms with Crippen LogP contribution in [0.3, 0.4) is 0 Å². The van der Waals surface area contributed by atoms with Gasteiger partial charge in [-0.15, -0.1) is 0 Å². The normalized spacial score (nSPS) is 14.8. The Hall–Kier alpha value is -2.49. The first-order chi connectivity index (χ1) is 10.5. The zero-order valence-electron chi connectivity index (χ0n) is 12.7. The lowest BCUT2D eigenvalue weighted by Crippen LogP contribution is -2.32. The first-order valence-corrected chi connectivity index (χ1v) is 7.26. The molecule has 2 aromatic rings. The van der Waals surface area contributed by atoms with Crippen molar-refractivity contribution in [2.75, 3.05) is 0 Å². The van der Waals surface area contributed by atoms with E-state index in [-0.39, 0.29) is 10.7 Å². The molecule has 0 aliphatic carbocycles. The fourth-order valence-electron chi connectivity index (χ4n) is 2.91. The Morgan fingerprint density at radius 2 is 1.41 bits per heavy atom. The van der Waals surface area contributed by atoms with Gasteiger partial charge in [-0.25, -0.2) is 0 Å². The summed E-state index contributed by atoms with van der Waals surface area (Å²) in [4.78, 5) is 23.3. The Morgan fingerprint density at radius 1 is 0.955 bits per heavy atom. The van der Waals surface area contributed by atoms with Crippen molar-refractivity contribution in [1.29, 1.82) is 0 Å². The molecule has 0 saturated carbocycles. The summed E-state index contributed by atoms with van der Waals surface area (Å²) >= 11 is 0. The van der Waals surface area contributed by atoms with E-state index in [1.54, 1.807) is 6.92 Å². The predicted molar refractivity (Wildman–Crippen MR) is 85.5 cm³/mol. The molecule has 0 saturated heterocycles. The highest BCUT2D eigenvalue weighted by molar-refractivity contribution is 5.84. The molecule has 114 valence electrons. The molecule has 0 aromatic heterocycles. The van der Waals surface area contributed by atoms with Gasteiger partial charge in [0, 0.05) is 11.8 Å². The van der Waals surface area contributed by atoms with Gasteiger partial charge >= 0.3 is 0 Å². The van der Waals surface area contributed by atoms with Crippen LogP contribution in [0.5, 0.6) is 0 Å². The minimum atomic E-state index is -0.850. The third kappa shape index (κ3) is 3.39. The third-order valence-corrected chi connectivity index (χ3v) is 3.99. The second-order valence-electron chi connectivity index (χ2n) is 5.46. The van der Waals surface area contributed by atoms with Crippen LogP contribution in [0.15, 0.2) is 60.7 Å². The van der Waals surface area contributed by atoms with Gasteiger partial charge in [0.15, 0.2) is 0 Å². The Bertz CT molecular complexity index is 640. The average Bonchev–Trinajstić information content (AvgIpc) is 2.53. The SMILES string of the molecule is CC(=O)[C@H](c1ccccc1)[C@@H](c1ccccc1)[C@@H](C)[N+](=O)[O-]. The molecule has 0 spiro atoms. The van der Waals surface area contributed by atoms with Crippen molar-refractivity contribution in [3.63, 3.8) is 0 Å². The molecule has 0 fully saturated rings. The van der Waals surface area contributed by atoms with E-state index < -0.39 is 17.9 Å². The molecule has 4 nitrogen and oxygen atoms in total. The van der Waals surface area contributed by atoms with Crippen molar-refractivity contribution in [1.82, 2.24) is 0 Å². The number of hydrogen-bond donors (Lipinski definition) is 0. The standard InChI is InChI=1S/C18H19NO3/c1-13(19(21)22)17(15-9-5-3-6-10-15)18(14(2)20)16-11-7-4-8-12-16/h3-13,17-18H,1-2H3/t13-,17-,18-/m1/s1. The zero-order chi connectivity index (χ0) is 16.1. The second-order valence-corrected chi connectivity index (χ2v) is 5.46. The van der Waals surface area contributed by atoms with Gasteiger partial charge in [0.1, 0.15) is 5.78 Å². The van der Waals surface area contributed by atoms with E-state index in [4.69, 9.17) is 0 Å². The minimum Gasteiger partial charge on any atom is -0.299 e. The number of Topliss-reactive ketones (excluding diaryl/α,β-unsaturated/α-hetero) is 1. The van der Waals surface area contributed by atoms with Crippen LogP contribution in [0.1, 0.15) is 36.8 Å². The van der Waals surface area contributed by atoms with Crippen molar-refractivity contribution in [2.45, 2.75) is 31.7 Å². The molecule has 0 aliphatic rings. The number of benzene rings is 2. The van der Waals surface area contributed by atoms with Gasteiger partial charge in [-0.05, 0) is 18.1 Å². The summed E-state index contributed by atoms with van der Waals surface area (Å²) < 4.78 is 0. The Kier molecular flexibility index (Phi) is 5.04. The van der Waals surface area contributed by atoms with Gasteiger partial charge < -0.3 is 0 Å². The van der Waals surface area contributed by atoms with E-state index in [0.29, 0.717) is 0 Å². The molecule has 3 atom stereocenters. The van der Waals surface area contributed by atoms with E-state index in [1.165, 1.54) is 6.92 Å². The van der Waals surface area contributed by atoms with Crippen LogP contribution in [0.25, 0.3) is 0 Å². The molecule has 0 N–H and O–H groups in total. The van der Waals surface area contributed by atoms with Crippen molar-refractivity contribution in [3.05, 3.63) is 81.9 Å². The summed E-state index contributed by atoms with van der Waals surface area (Å²) in [6.07, 6.45) is 0. The van der Waals surface area contributed by atoms with Crippen LogP contribution in [-0.4, -0.2) is 16.7 Å². The van der Waals surface area contributed by atoms with Gasteiger partial charge in [0.2, 0.25) is 6.04 Å². The molecule has 0 bridgehead atoms. The summed E-state index contributed by atoms with van der Waals surface area (Å²) in [6, 6.07) is 17.7. The molecule has 2 rings (SSSR count). The molecule has 0 amide bonds. The fourth-order valence-corrected chi connectivity index (χ4v) is 2.91. The highest BCUT2D eigenvalue weighted by atomic mass is 16.6. The lowest BCUT2D eigenvalue weighted by molar-refractivity contribution is -0.522. The highest BCUT2D eigenvalue weighted by Gasteiger charge is 2.38. The average molecular weight is 297 g/mol. The number of carbonyl (C=O) groups excluding carboxylic acids is 1. The molecule has 0 unspecified atom stereocenters. The maximum absolute atomic E-state index is 12.3. The van der Waals surface area contributed by atoms with Crippen LogP contribution in [0, 0.1) is 10.1 Å². The van der Waals surface area contributed by atoms with E-state index in [9.17, 15) is 14.9 Å². The van der Waals surface area contributed by atoms with Gasteiger partial charge in [0.05, 0.1) is 11.8 Å². The van der Waals surface area contributed by atoms with Crippen molar-refractivity contribution >= 4 is 5.78 Å². The second kappa shape index (κ2) is 6.98. The molecule has 22 heavy (non-hydrogen) atoms. The smallest absolute Gasteiger partial charge is 0.218 e. The van der Waals surface area contributed by atoms with Crippen LogP contribution in [0.2, 0.25) is 0 Å². The molecule has 2 aromatic carbocycles. The van der Waals surface area contributed by atoms with Crippen LogP contribution < -0.4 is 0 Å². The molecule has 0 radical (unpaired) electrons. The summed E-state index contributed by atoms with van der Waals surface area (Å²) in [5.41, 5.74) is 1.63. The summed E-state index contributed by atoms with van der Waals surface area (Å²) in [6.45, 7) is 3.07. The fraction of sp³-hybridized carbons (Fsp3) is 0.278. The molecule has 0 aliphatic heterocycles. The van der Waals surface area contributed by atoms with Gasteiger partial charge in [-0.3, -0.25) is 14.9 Å². The first-order valence-electron chi connectivity index (χ1n) is 7.26. The van der Waals surface area contributed by atoms with E-state index >= 15 is 0 Å². The lowest BCUT2D eigenvalue weighted by atomic mass is 9.75. The molecular formula is C18H19NO3. The van der Waals surface area contributed by atoms with Crippen LogP contribution in [0.4, 0.5) is 0 Å². The van der Waals surface area contributed by atoms with Crippen molar-refractivity contribution in [2.24, 2.45) is 0 Å². The van der Waals surface area contributed by atoms with E-state index in [1.807, 2.05) is 60.7 Å². The number of hydrogen-bond acceptors (Lipinski definition) is 3. The quantitative estimate of drug-likeness (QED) is 0.601. The Labute approximate surface area is 129 Å². The lowest BCUT2D eigenvalue weighted by Gasteiger charge is -2.26. The Balaban J connectivity index is 2.55. The van der Waals surface area contributed by atoms with Crippen molar-refractivity contribution < 1.29 is 9.72 Å². The van der Waals surface area contributed by atoms with Gasteiger partial charge in [-0.2, -0.15) is 0 Å². The third-order valence-electron chi connectivity index (χ3n) is 3.99. The maximum atomic E-state index is 12.3. The maximum Gasteiger partial charge on any atom is 0.218 e. The van der Waals surface area contributed by atoms with Gasteiger partial charge in [-0.1, -0.05) is 60.7 Å². The number of rotatable bonds is 6. The number of ketones is 1. The van der Waals surface area contributed by atoms with E-state index in [2.05, 4.69) is 0 Å². The molecular weight excluding hydrogens is 278 g/mol. The monoisotopic (exact) mass is 297 g/mol. The van der Waals surface area contributed by atoms with Crippen LogP contribution >= 0.6 is 0 Å². The summed E-state index contributed by atoms with van der Waals surface area (Å²) in [5.74, 6) is -1.08. The first kappa shape index (κ1) is 15.9. The summed E-state index contributed by atoms with van der Waals surface area (Å²) in [5, 5.41) is 11.4. The number of nitrogens with zero attached hydrogens (tertiary/aromatic N) is 1. The molecule has 4 heteroatoms. The number of carbonyl (C=O) groups is 1. The van der Waals surface area contributed by atoms with Crippen molar-refractivity contribution in [3.8, 4) is 0 Å². The molecule has 0 heterocycles. The largest absolute Gasteiger partial charge is 0.299 e. The van der Waals surface area contributed by atoms with E-state index in [0.717, 1.165) is 11.1 Å². The number of nitro groups is 1. The highest BCUT2D eigenvalue weighted by Crippen LogP contribution is 2.37. The summed E-state index contributed by atoms with van der Waals surface area (Å²) in [7, 11) is 0. The minimum absolute atomic E-state index is 0.0613. The predicted octanol–water partition coefficient (Wildman–Crippen LogP) is 3.81. The van der Waals surface area contributed by atoms with Crippen LogP contribution in [-0.2, 0) is 4.79 Å². The topological polar surface area (TPSA) is 60.2 Å². The zero-order valence-corrected chi connectivity index (χ0v) is 12.7. The van der Waals surface area contributed by atoms with Gasteiger partial charge in [0.25, 0.3) is 0 Å².